The van der Waals surface area contributed by atoms with Crippen molar-refractivity contribution in [2.24, 2.45) is 5.92 Å². The molecule has 0 spiro atoms. The zero-order valence-corrected chi connectivity index (χ0v) is 10.7. The van der Waals surface area contributed by atoms with E-state index in [9.17, 15) is 4.79 Å². The van der Waals surface area contributed by atoms with E-state index in [4.69, 9.17) is 11.6 Å². The zero-order chi connectivity index (χ0) is 12.1. The third kappa shape index (κ3) is 3.86. The van der Waals surface area contributed by atoms with Crippen LogP contribution >= 0.6 is 11.6 Å². The van der Waals surface area contributed by atoms with Crippen LogP contribution in [0.5, 0.6) is 0 Å². The van der Waals surface area contributed by atoms with Crippen molar-refractivity contribution in [2.75, 3.05) is 6.54 Å². The molecule has 0 heterocycles. The number of nitrogens with one attached hydrogen (secondary N) is 1. The molecule has 1 unspecified atom stereocenters. The van der Waals surface area contributed by atoms with Gasteiger partial charge in [-0.2, -0.15) is 0 Å². The molecule has 0 saturated heterocycles. The SMILES string of the molecule is Cc1cccc(C(=O)NCC(Cl)C(C)C)c1. The minimum absolute atomic E-state index is 0.0197. The molecule has 1 aromatic rings. The molecule has 0 fully saturated rings. The predicted molar refractivity (Wildman–Crippen MR) is 68.0 cm³/mol. The maximum Gasteiger partial charge on any atom is 0.251 e. The summed E-state index contributed by atoms with van der Waals surface area (Å²) in [5, 5.41) is 2.82. The molecular weight excluding hydrogens is 222 g/mol. The van der Waals surface area contributed by atoms with Gasteiger partial charge in [-0.15, -0.1) is 11.6 Å². The highest BCUT2D eigenvalue weighted by atomic mass is 35.5. The second kappa shape index (κ2) is 5.90. The number of amides is 1. The Bertz CT molecular complexity index is 363. The van der Waals surface area contributed by atoms with Gasteiger partial charge in [0.25, 0.3) is 5.91 Å². The standard InChI is InChI=1S/C13H18ClNO/c1-9(2)12(14)8-15-13(16)11-6-4-5-10(3)7-11/h4-7,9,12H,8H2,1-3H3,(H,15,16). The number of rotatable bonds is 4. The molecule has 0 bridgehead atoms. The van der Waals surface area contributed by atoms with Gasteiger partial charge in [-0.3, -0.25) is 4.79 Å². The summed E-state index contributed by atoms with van der Waals surface area (Å²) in [6.07, 6.45) is 0. The normalized spacial score (nSPS) is 12.6. The molecule has 88 valence electrons. The van der Waals surface area contributed by atoms with Crippen LogP contribution in [0, 0.1) is 12.8 Å². The van der Waals surface area contributed by atoms with Crippen molar-refractivity contribution in [1.82, 2.24) is 5.32 Å². The molecule has 16 heavy (non-hydrogen) atoms. The van der Waals surface area contributed by atoms with Crippen LogP contribution in [-0.4, -0.2) is 17.8 Å². The van der Waals surface area contributed by atoms with Crippen LogP contribution in [-0.2, 0) is 0 Å². The van der Waals surface area contributed by atoms with Crippen molar-refractivity contribution >= 4 is 17.5 Å². The molecule has 3 heteroatoms. The highest BCUT2D eigenvalue weighted by Crippen LogP contribution is 2.08. The van der Waals surface area contributed by atoms with Gasteiger partial charge in [0.2, 0.25) is 0 Å². The van der Waals surface area contributed by atoms with Gasteiger partial charge < -0.3 is 5.32 Å². The summed E-state index contributed by atoms with van der Waals surface area (Å²) in [5.74, 6) is 0.300. The summed E-state index contributed by atoms with van der Waals surface area (Å²) in [5.41, 5.74) is 1.77. The van der Waals surface area contributed by atoms with Crippen molar-refractivity contribution in [3.05, 3.63) is 35.4 Å². The van der Waals surface area contributed by atoms with Crippen molar-refractivity contribution < 1.29 is 4.79 Å². The first-order chi connectivity index (χ1) is 7.50. The molecular formula is C13H18ClNO. The van der Waals surface area contributed by atoms with Gasteiger partial charge in [0, 0.05) is 12.1 Å². The molecule has 0 aliphatic rings. The second-order valence-corrected chi connectivity index (χ2v) is 4.90. The smallest absolute Gasteiger partial charge is 0.251 e. The Morgan fingerprint density at radius 1 is 1.44 bits per heavy atom. The Balaban J connectivity index is 2.53. The van der Waals surface area contributed by atoms with E-state index in [0.717, 1.165) is 5.56 Å². The quantitative estimate of drug-likeness (QED) is 0.805. The van der Waals surface area contributed by atoms with E-state index in [1.807, 2.05) is 39.0 Å². The Morgan fingerprint density at radius 2 is 2.12 bits per heavy atom. The molecule has 1 amide bonds. The van der Waals surface area contributed by atoms with Crippen LogP contribution in [0.1, 0.15) is 29.8 Å². The number of carbonyl (C=O) groups excluding carboxylic acids is 1. The van der Waals surface area contributed by atoms with Gasteiger partial charge in [0.1, 0.15) is 0 Å². The Labute approximate surface area is 102 Å². The lowest BCUT2D eigenvalue weighted by molar-refractivity contribution is 0.0952. The van der Waals surface area contributed by atoms with Gasteiger partial charge in [-0.25, -0.2) is 0 Å². The lowest BCUT2D eigenvalue weighted by Gasteiger charge is -2.14. The number of hydrogen-bond donors (Lipinski definition) is 1. The van der Waals surface area contributed by atoms with E-state index in [2.05, 4.69) is 5.32 Å². The van der Waals surface area contributed by atoms with E-state index in [-0.39, 0.29) is 11.3 Å². The van der Waals surface area contributed by atoms with E-state index in [1.54, 1.807) is 6.07 Å². The fourth-order valence-electron chi connectivity index (χ4n) is 1.31. The van der Waals surface area contributed by atoms with E-state index in [1.165, 1.54) is 0 Å². The molecule has 1 aromatic carbocycles. The summed E-state index contributed by atoms with van der Waals surface area (Å²) < 4.78 is 0. The van der Waals surface area contributed by atoms with Crippen molar-refractivity contribution in [1.29, 1.82) is 0 Å². The number of alkyl halides is 1. The van der Waals surface area contributed by atoms with Crippen LogP contribution in [0.25, 0.3) is 0 Å². The molecule has 1 atom stereocenters. The molecule has 0 aromatic heterocycles. The van der Waals surface area contributed by atoms with Gasteiger partial charge in [0.05, 0.1) is 5.38 Å². The van der Waals surface area contributed by atoms with Crippen molar-refractivity contribution in [3.63, 3.8) is 0 Å². The zero-order valence-electron chi connectivity index (χ0n) is 9.96. The van der Waals surface area contributed by atoms with E-state index in [0.29, 0.717) is 18.0 Å². The average Bonchev–Trinajstić information content (AvgIpc) is 2.25. The summed E-state index contributed by atoms with van der Waals surface area (Å²) >= 11 is 6.06. The van der Waals surface area contributed by atoms with Crippen LogP contribution in [0.3, 0.4) is 0 Å². The van der Waals surface area contributed by atoms with Crippen LogP contribution < -0.4 is 5.32 Å². The second-order valence-electron chi connectivity index (χ2n) is 4.34. The van der Waals surface area contributed by atoms with Gasteiger partial charge in [-0.1, -0.05) is 31.5 Å². The molecule has 1 rings (SSSR count). The van der Waals surface area contributed by atoms with E-state index < -0.39 is 0 Å². The van der Waals surface area contributed by atoms with Crippen molar-refractivity contribution in [2.45, 2.75) is 26.1 Å². The molecule has 2 nitrogen and oxygen atoms in total. The predicted octanol–water partition coefficient (Wildman–Crippen LogP) is 2.99. The maximum atomic E-state index is 11.8. The first-order valence-electron chi connectivity index (χ1n) is 5.49. The minimum Gasteiger partial charge on any atom is -0.351 e. The highest BCUT2D eigenvalue weighted by molar-refractivity contribution is 6.21. The number of benzene rings is 1. The summed E-state index contributed by atoms with van der Waals surface area (Å²) in [7, 11) is 0. The van der Waals surface area contributed by atoms with Gasteiger partial charge in [-0.05, 0) is 25.0 Å². The van der Waals surface area contributed by atoms with Crippen LogP contribution in [0.15, 0.2) is 24.3 Å². The Morgan fingerprint density at radius 3 is 2.69 bits per heavy atom. The third-order valence-corrected chi connectivity index (χ3v) is 3.12. The topological polar surface area (TPSA) is 29.1 Å². The molecule has 0 aliphatic carbocycles. The average molecular weight is 240 g/mol. The molecule has 0 saturated carbocycles. The lowest BCUT2D eigenvalue weighted by Crippen LogP contribution is -2.31. The molecule has 1 N–H and O–H groups in total. The Hall–Kier alpha value is -1.02. The van der Waals surface area contributed by atoms with Crippen LogP contribution in [0.2, 0.25) is 0 Å². The number of aryl methyl sites for hydroxylation is 1. The first kappa shape index (κ1) is 13.0. The lowest BCUT2D eigenvalue weighted by atomic mass is 10.1. The first-order valence-corrected chi connectivity index (χ1v) is 5.93. The third-order valence-electron chi connectivity index (χ3n) is 2.46. The van der Waals surface area contributed by atoms with Gasteiger partial charge >= 0.3 is 0 Å². The fraction of sp³-hybridized carbons (Fsp3) is 0.462. The van der Waals surface area contributed by atoms with Crippen molar-refractivity contribution in [3.8, 4) is 0 Å². The number of halogens is 1. The number of carbonyl (C=O) groups is 1. The number of hydrogen-bond acceptors (Lipinski definition) is 1. The maximum absolute atomic E-state index is 11.8. The summed E-state index contributed by atoms with van der Waals surface area (Å²) in [6, 6.07) is 7.52. The Kier molecular flexibility index (Phi) is 4.81. The van der Waals surface area contributed by atoms with E-state index >= 15 is 0 Å². The van der Waals surface area contributed by atoms with Crippen LogP contribution in [0.4, 0.5) is 0 Å². The fourth-order valence-corrected chi connectivity index (χ4v) is 1.39. The largest absolute Gasteiger partial charge is 0.351 e. The minimum atomic E-state index is -0.0602. The van der Waals surface area contributed by atoms with Gasteiger partial charge in [0.15, 0.2) is 0 Å². The molecule has 0 aliphatic heterocycles. The monoisotopic (exact) mass is 239 g/mol. The highest BCUT2D eigenvalue weighted by Gasteiger charge is 2.11. The molecule has 0 radical (unpaired) electrons. The summed E-state index contributed by atoms with van der Waals surface area (Å²) in [4.78, 5) is 11.8. The summed E-state index contributed by atoms with van der Waals surface area (Å²) in [6.45, 7) is 6.55.